The van der Waals surface area contributed by atoms with E-state index in [-0.39, 0.29) is 0 Å². The maximum Gasteiger partial charge on any atom is 0.135 e. The van der Waals surface area contributed by atoms with E-state index in [1.165, 1.54) is 70.9 Å². The van der Waals surface area contributed by atoms with Crippen LogP contribution in [0.3, 0.4) is 0 Å². The molecule has 0 N–H and O–H groups in total. The van der Waals surface area contributed by atoms with E-state index >= 15 is 0 Å². The van der Waals surface area contributed by atoms with Gasteiger partial charge in [0.15, 0.2) is 0 Å². The van der Waals surface area contributed by atoms with Gasteiger partial charge in [-0.3, -0.25) is 0 Å². The van der Waals surface area contributed by atoms with Crippen LogP contribution in [-0.4, -0.2) is 4.57 Å². The highest BCUT2D eigenvalue weighted by molar-refractivity contribution is 7.99. The molecule has 0 radical (unpaired) electrons. The third-order valence-corrected chi connectivity index (χ3v) is 12.8. The smallest absolute Gasteiger partial charge is 0.135 e. The van der Waals surface area contributed by atoms with Crippen molar-refractivity contribution in [3.05, 3.63) is 210 Å². The van der Waals surface area contributed by atoms with Crippen LogP contribution in [0.2, 0.25) is 0 Å². The molecule has 0 unspecified atom stereocenters. The molecule has 3 aliphatic rings. The number of hydrogen-bond acceptors (Lipinski definition) is 3. The lowest BCUT2D eigenvalue weighted by Gasteiger charge is -2.49. The lowest BCUT2D eigenvalue weighted by atomic mass is 9.62. The van der Waals surface area contributed by atoms with Crippen molar-refractivity contribution in [3.8, 4) is 5.69 Å². The zero-order valence-electron chi connectivity index (χ0n) is 29.2. The largest absolute Gasteiger partial charge is 0.456 e. The van der Waals surface area contributed by atoms with Gasteiger partial charge < -0.3 is 13.9 Å². The van der Waals surface area contributed by atoms with Gasteiger partial charge in [-0.2, -0.15) is 0 Å². The molecule has 254 valence electrons. The average molecular weight is 709 g/mol. The van der Waals surface area contributed by atoms with Gasteiger partial charge in [0.2, 0.25) is 0 Å². The summed E-state index contributed by atoms with van der Waals surface area (Å²) in [6.07, 6.45) is 12.0. The number of benzene rings is 7. The highest BCUT2D eigenvalue weighted by atomic mass is 32.2. The normalized spacial score (nSPS) is 15.3. The zero-order chi connectivity index (χ0) is 35.4. The molecule has 1 aliphatic carbocycles. The Balaban J connectivity index is 1.22. The minimum absolute atomic E-state index is 0.561. The van der Waals surface area contributed by atoms with Gasteiger partial charge in [0.1, 0.15) is 11.2 Å². The van der Waals surface area contributed by atoms with E-state index in [2.05, 4.69) is 185 Å². The highest BCUT2D eigenvalue weighted by Gasteiger charge is 2.51. The van der Waals surface area contributed by atoms with Crippen molar-refractivity contribution in [1.29, 1.82) is 0 Å². The van der Waals surface area contributed by atoms with Crippen LogP contribution in [0.5, 0.6) is 0 Å². The van der Waals surface area contributed by atoms with Crippen LogP contribution in [0.4, 0.5) is 11.4 Å². The van der Waals surface area contributed by atoms with Gasteiger partial charge in [-0.05, 0) is 83.3 Å². The van der Waals surface area contributed by atoms with Gasteiger partial charge in [0.05, 0.1) is 27.8 Å². The Labute approximate surface area is 316 Å². The third kappa shape index (κ3) is 3.93. The van der Waals surface area contributed by atoms with Gasteiger partial charge >= 0.3 is 0 Å². The molecule has 0 fully saturated rings. The molecule has 2 aromatic heterocycles. The second kappa shape index (κ2) is 11.3. The molecule has 0 bridgehead atoms. The predicted molar refractivity (Wildman–Crippen MR) is 224 cm³/mol. The fourth-order valence-electron chi connectivity index (χ4n) is 9.51. The maximum absolute atomic E-state index is 6.30. The second-order valence-corrected chi connectivity index (χ2v) is 15.4. The summed E-state index contributed by atoms with van der Waals surface area (Å²) < 4.78 is 8.80. The molecular formula is C50H32N2OS. The minimum atomic E-state index is -0.561. The summed E-state index contributed by atoms with van der Waals surface area (Å²) in [6, 6.07) is 56.0. The summed E-state index contributed by atoms with van der Waals surface area (Å²) in [5.41, 5.74) is 13.6. The van der Waals surface area contributed by atoms with Crippen molar-refractivity contribution in [1.82, 2.24) is 4.57 Å². The summed E-state index contributed by atoms with van der Waals surface area (Å²) >= 11 is 1.91. The van der Waals surface area contributed by atoms with E-state index < -0.39 is 5.41 Å². The zero-order valence-corrected chi connectivity index (χ0v) is 30.1. The molecule has 9 aromatic rings. The first-order valence-electron chi connectivity index (χ1n) is 18.6. The molecule has 0 atom stereocenters. The molecule has 7 aromatic carbocycles. The van der Waals surface area contributed by atoms with Crippen LogP contribution >= 0.6 is 11.8 Å². The minimum Gasteiger partial charge on any atom is -0.456 e. The van der Waals surface area contributed by atoms with Crippen LogP contribution < -0.4 is 4.90 Å². The number of anilines is 2. The Morgan fingerprint density at radius 3 is 2.11 bits per heavy atom. The SMILES string of the molecule is C1=CCC=C(N2c3ccccc3C3(c4ccccc4Sc4c3ccc3c5ccccc5n(-c5ccc6oc7ccccc7c6c5)c43)c3ccccc32)C=C1. The Bertz CT molecular complexity index is 3090. The van der Waals surface area contributed by atoms with E-state index in [1.54, 1.807) is 0 Å². The predicted octanol–water partition coefficient (Wildman–Crippen LogP) is 13.4. The molecule has 54 heavy (non-hydrogen) atoms. The molecule has 0 amide bonds. The van der Waals surface area contributed by atoms with Crippen molar-refractivity contribution < 1.29 is 4.42 Å². The van der Waals surface area contributed by atoms with Gasteiger partial charge in [-0.15, -0.1) is 0 Å². The highest BCUT2D eigenvalue weighted by Crippen LogP contribution is 2.63. The summed E-state index contributed by atoms with van der Waals surface area (Å²) in [7, 11) is 0. The van der Waals surface area contributed by atoms with Crippen molar-refractivity contribution in [2.45, 2.75) is 21.6 Å². The van der Waals surface area contributed by atoms with Crippen LogP contribution in [0.25, 0.3) is 49.4 Å². The molecule has 2 aliphatic heterocycles. The molecule has 1 spiro atoms. The van der Waals surface area contributed by atoms with E-state index in [0.29, 0.717) is 0 Å². The molecule has 0 saturated heterocycles. The van der Waals surface area contributed by atoms with E-state index in [9.17, 15) is 0 Å². The van der Waals surface area contributed by atoms with Crippen LogP contribution in [-0.2, 0) is 5.41 Å². The molecule has 3 nitrogen and oxygen atoms in total. The van der Waals surface area contributed by atoms with Crippen LogP contribution in [0, 0.1) is 0 Å². The number of nitrogens with zero attached hydrogens (tertiary/aromatic N) is 2. The monoisotopic (exact) mass is 708 g/mol. The van der Waals surface area contributed by atoms with Crippen molar-refractivity contribution in [2.75, 3.05) is 4.90 Å². The Morgan fingerprint density at radius 1 is 0.556 bits per heavy atom. The van der Waals surface area contributed by atoms with Gasteiger partial charge in [0, 0.05) is 42.7 Å². The Morgan fingerprint density at radius 2 is 1.26 bits per heavy atom. The standard InChI is InChI=1S/C50H32N2OS/c1-2-4-16-32(15-3-1)51-43-23-11-7-19-38(43)50(39-20-8-12-24-44(39)51)40-21-9-14-26-47(40)54-49-41(50)29-28-36-34-17-5-10-22-42(34)52(48(36)49)33-27-30-46-37(31-33)35-18-6-13-25-45(35)53-46/h1-3,5-31H,4H2. The van der Waals surface area contributed by atoms with E-state index in [1.807, 2.05) is 17.8 Å². The van der Waals surface area contributed by atoms with Gasteiger partial charge in [0.25, 0.3) is 0 Å². The quantitative estimate of drug-likeness (QED) is 0.178. The molecule has 4 heteroatoms. The number of rotatable bonds is 2. The van der Waals surface area contributed by atoms with Crippen molar-refractivity contribution in [3.63, 3.8) is 0 Å². The maximum atomic E-state index is 6.30. The van der Waals surface area contributed by atoms with E-state index in [0.717, 1.165) is 34.0 Å². The molecule has 12 rings (SSSR count). The number of furan rings is 1. The lowest BCUT2D eigenvalue weighted by Crippen LogP contribution is -2.40. The molecular weight excluding hydrogens is 677 g/mol. The van der Waals surface area contributed by atoms with Gasteiger partial charge in [-0.1, -0.05) is 139 Å². The molecule has 0 saturated carbocycles. The topological polar surface area (TPSA) is 21.3 Å². The fraction of sp³-hybridized carbons (Fsp3) is 0.0400. The van der Waals surface area contributed by atoms with Gasteiger partial charge in [-0.25, -0.2) is 0 Å². The number of hydrogen-bond donors (Lipinski definition) is 0. The number of aromatic nitrogens is 1. The van der Waals surface area contributed by atoms with Crippen LogP contribution in [0.1, 0.15) is 28.7 Å². The number of para-hydroxylation sites is 4. The number of fused-ring (bicyclic) bond motifs is 15. The lowest BCUT2D eigenvalue weighted by molar-refractivity contribution is 0.669. The van der Waals surface area contributed by atoms with Crippen molar-refractivity contribution in [2.24, 2.45) is 0 Å². The first kappa shape index (κ1) is 30.0. The number of allylic oxidation sites excluding steroid dienone is 5. The third-order valence-electron chi connectivity index (χ3n) is 11.6. The summed E-state index contributed by atoms with van der Waals surface area (Å²) in [5, 5.41) is 4.76. The fourth-order valence-corrected chi connectivity index (χ4v) is 10.8. The average Bonchev–Trinajstić information content (AvgIpc) is 3.64. The first-order valence-corrected chi connectivity index (χ1v) is 19.4. The Kier molecular flexibility index (Phi) is 6.26. The van der Waals surface area contributed by atoms with Crippen LogP contribution in [0.15, 0.2) is 202 Å². The molecule has 4 heterocycles. The van der Waals surface area contributed by atoms with E-state index in [4.69, 9.17) is 4.42 Å². The summed E-state index contributed by atoms with van der Waals surface area (Å²) in [4.78, 5) is 5.04. The Hall–Kier alpha value is -6.49. The summed E-state index contributed by atoms with van der Waals surface area (Å²) in [5.74, 6) is 0. The van der Waals surface area contributed by atoms with Crippen molar-refractivity contribution >= 4 is 66.9 Å². The first-order chi connectivity index (χ1) is 26.8. The summed E-state index contributed by atoms with van der Waals surface area (Å²) in [6.45, 7) is 0. The second-order valence-electron chi connectivity index (χ2n) is 14.3.